The maximum Gasteiger partial charge on any atom is 0.276 e. The van der Waals surface area contributed by atoms with Crippen molar-refractivity contribution in [3.63, 3.8) is 0 Å². The van der Waals surface area contributed by atoms with Crippen molar-refractivity contribution in [3.8, 4) is 5.75 Å². The largest absolute Gasteiger partial charge is 0.484 e. The fourth-order valence-electron chi connectivity index (χ4n) is 3.38. The Morgan fingerprint density at radius 3 is 3.00 bits per heavy atom. The second-order valence-corrected chi connectivity index (χ2v) is 6.64. The highest BCUT2D eigenvalue weighted by molar-refractivity contribution is 5.92. The molecule has 0 saturated carbocycles. The molecule has 144 valence electrons. The smallest absolute Gasteiger partial charge is 0.276 e. The van der Waals surface area contributed by atoms with Crippen LogP contribution in [0.15, 0.2) is 59.3 Å². The Morgan fingerprint density at radius 2 is 2.18 bits per heavy atom. The Balaban J connectivity index is 1.45. The van der Waals surface area contributed by atoms with Crippen LogP contribution in [0, 0.1) is 5.82 Å². The van der Waals surface area contributed by atoms with Crippen LogP contribution in [-0.4, -0.2) is 27.3 Å². The number of halogens is 1. The lowest BCUT2D eigenvalue weighted by atomic mass is 9.98. The van der Waals surface area contributed by atoms with Gasteiger partial charge in [0.2, 0.25) is 5.89 Å². The predicted molar refractivity (Wildman–Crippen MR) is 99.1 cm³/mol. The molecule has 6 nitrogen and oxygen atoms in total. The normalized spacial score (nSPS) is 16.8. The van der Waals surface area contributed by atoms with Gasteiger partial charge in [0.25, 0.3) is 5.91 Å². The summed E-state index contributed by atoms with van der Waals surface area (Å²) in [5.41, 5.74) is 1.12. The zero-order valence-electron chi connectivity index (χ0n) is 15.3. The Labute approximate surface area is 162 Å². The number of aromatic nitrogens is 2. The van der Waals surface area contributed by atoms with Crippen molar-refractivity contribution in [1.82, 2.24) is 14.9 Å². The van der Waals surface area contributed by atoms with E-state index in [9.17, 15) is 9.18 Å². The van der Waals surface area contributed by atoms with Crippen molar-refractivity contribution in [2.75, 3.05) is 6.54 Å². The summed E-state index contributed by atoms with van der Waals surface area (Å²) in [6.45, 7) is 0.669. The van der Waals surface area contributed by atoms with Crippen molar-refractivity contribution in [2.24, 2.45) is 0 Å². The van der Waals surface area contributed by atoms with Crippen LogP contribution in [-0.2, 0) is 6.61 Å². The van der Waals surface area contributed by atoms with E-state index in [0.717, 1.165) is 25.0 Å². The van der Waals surface area contributed by atoms with Gasteiger partial charge in [-0.15, -0.1) is 0 Å². The maximum atomic E-state index is 13.2. The SMILES string of the molecule is O=C(c1coc(COc2cccc(F)c2)n1)N1CCCC[C@H]1c1ccccn1. The molecule has 7 heteroatoms. The Morgan fingerprint density at radius 1 is 1.25 bits per heavy atom. The van der Waals surface area contributed by atoms with Crippen LogP contribution in [0.2, 0.25) is 0 Å². The summed E-state index contributed by atoms with van der Waals surface area (Å²) >= 11 is 0. The molecule has 1 saturated heterocycles. The van der Waals surface area contributed by atoms with Gasteiger partial charge in [-0.1, -0.05) is 12.1 Å². The number of ether oxygens (including phenoxy) is 1. The Bertz CT molecular complexity index is 945. The van der Waals surface area contributed by atoms with E-state index in [1.807, 2.05) is 18.2 Å². The minimum Gasteiger partial charge on any atom is -0.484 e. The standard InChI is InChI=1S/C21H20FN3O3/c22-15-6-5-7-16(12-15)27-14-20-24-18(13-28-20)21(26)25-11-4-2-9-19(25)17-8-1-3-10-23-17/h1,3,5-8,10,12-13,19H,2,4,9,11,14H2/t19-/m0/s1. The molecular formula is C21H20FN3O3. The van der Waals surface area contributed by atoms with Gasteiger partial charge in [0.05, 0.1) is 11.7 Å². The van der Waals surface area contributed by atoms with Gasteiger partial charge in [0, 0.05) is 18.8 Å². The highest BCUT2D eigenvalue weighted by atomic mass is 19.1. The molecular weight excluding hydrogens is 361 g/mol. The van der Waals surface area contributed by atoms with E-state index in [4.69, 9.17) is 9.15 Å². The number of hydrogen-bond donors (Lipinski definition) is 0. The third-order valence-electron chi connectivity index (χ3n) is 4.72. The number of carbonyl (C=O) groups excluding carboxylic acids is 1. The lowest BCUT2D eigenvalue weighted by Crippen LogP contribution is -2.39. The quantitative estimate of drug-likeness (QED) is 0.664. The summed E-state index contributed by atoms with van der Waals surface area (Å²) in [5.74, 6) is 0.0684. The summed E-state index contributed by atoms with van der Waals surface area (Å²) in [7, 11) is 0. The molecule has 0 unspecified atom stereocenters. The number of hydrogen-bond acceptors (Lipinski definition) is 5. The van der Waals surface area contributed by atoms with Gasteiger partial charge in [0.15, 0.2) is 12.3 Å². The molecule has 0 bridgehead atoms. The second-order valence-electron chi connectivity index (χ2n) is 6.64. The third-order valence-corrected chi connectivity index (χ3v) is 4.72. The number of nitrogens with zero attached hydrogens (tertiary/aromatic N) is 3. The highest BCUT2D eigenvalue weighted by Crippen LogP contribution is 2.30. The van der Waals surface area contributed by atoms with E-state index in [1.54, 1.807) is 23.2 Å². The zero-order valence-corrected chi connectivity index (χ0v) is 15.3. The van der Waals surface area contributed by atoms with Gasteiger partial charge in [-0.2, -0.15) is 0 Å². The van der Waals surface area contributed by atoms with E-state index in [2.05, 4.69) is 9.97 Å². The number of piperidine rings is 1. The van der Waals surface area contributed by atoms with Gasteiger partial charge in [-0.3, -0.25) is 9.78 Å². The van der Waals surface area contributed by atoms with E-state index in [1.165, 1.54) is 18.4 Å². The van der Waals surface area contributed by atoms with Crippen LogP contribution in [0.4, 0.5) is 4.39 Å². The molecule has 0 N–H and O–H groups in total. The van der Waals surface area contributed by atoms with Gasteiger partial charge in [-0.25, -0.2) is 9.37 Å². The number of benzene rings is 1. The number of likely N-dealkylation sites (tertiary alicyclic amines) is 1. The topological polar surface area (TPSA) is 68.5 Å². The van der Waals surface area contributed by atoms with E-state index in [-0.39, 0.29) is 36.0 Å². The number of pyridine rings is 1. The summed E-state index contributed by atoms with van der Waals surface area (Å²) in [5, 5.41) is 0. The van der Waals surface area contributed by atoms with Crippen LogP contribution in [0.1, 0.15) is 47.4 Å². The second kappa shape index (κ2) is 8.21. The number of oxazole rings is 1. The minimum absolute atomic E-state index is 0.0143. The van der Waals surface area contributed by atoms with Crippen molar-refractivity contribution >= 4 is 5.91 Å². The number of amides is 1. The van der Waals surface area contributed by atoms with Crippen molar-refractivity contribution in [1.29, 1.82) is 0 Å². The molecule has 1 aliphatic rings. The van der Waals surface area contributed by atoms with Crippen molar-refractivity contribution in [2.45, 2.75) is 31.9 Å². The first kappa shape index (κ1) is 18.2. The predicted octanol–water partition coefficient (Wildman–Crippen LogP) is 4.16. The summed E-state index contributed by atoms with van der Waals surface area (Å²) in [6.07, 6.45) is 5.95. The molecule has 28 heavy (non-hydrogen) atoms. The average Bonchev–Trinajstić information content (AvgIpc) is 3.21. The Kier molecular flexibility index (Phi) is 5.32. The fourth-order valence-corrected chi connectivity index (χ4v) is 3.38. The third kappa shape index (κ3) is 4.03. The van der Waals surface area contributed by atoms with E-state index < -0.39 is 0 Å². The number of rotatable bonds is 5. The lowest BCUT2D eigenvalue weighted by Gasteiger charge is -2.34. The molecule has 1 atom stereocenters. The van der Waals surface area contributed by atoms with Crippen molar-refractivity contribution in [3.05, 3.63) is 78.0 Å². The zero-order chi connectivity index (χ0) is 19.3. The van der Waals surface area contributed by atoms with Crippen LogP contribution < -0.4 is 4.74 Å². The first-order valence-corrected chi connectivity index (χ1v) is 9.25. The van der Waals surface area contributed by atoms with Crippen LogP contribution in [0.25, 0.3) is 0 Å². The van der Waals surface area contributed by atoms with Gasteiger partial charge >= 0.3 is 0 Å². The monoisotopic (exact) mass is 381 g/mol. The van der Waals surface area contributed by atoms with Crippen LogP contribution >= 0.6 is 0 Å². The molecule has 0 radical (unpaired) electrons. The summed E-state index contributed by atoms with van der Waals surface area (Å²) in [4.78, 5) is 23.5. The first-order valence-electron chi connectivity index (χ1n) is 9.25. The average molecular weight is 381 g/mol. The van der Waals surface area contributed by atoms with Gasteiger partial charge < -0.3 is 14.1 Å². The lowest BCUT2D eigenvalue weighted by molar-refractivity contribution is 0.0600. The first-order chi connectivity index (χ1) is 13.7. The molecule has 3 aromatic rings. The molecule has 4 rings (SSSR count). The Hall–Kier alpha value is -3.22. The fraction of sp³-hybridized carbons (Fsp3) is 0.286. The summed E-state index contributed by atoms with van der Waals surface area (Å²) in [6, 6.07) is 11.5. The summed E-state index contributed by atoms with van der Waals surface area (Å²) < 4.78 is 24.1. The molecule has 1 aliphatic heterocycles. The van der Waals surface area contributed by atoms with Crippen LogP contribution in [0.3, 0.4) is 0 Å². The van der Waals surface area contributed by atoms with E-state index in [0.29, 0.717) is 12.3 Å². The molecule has 1 amide bonds. The minimum atomic E-state index is -0.383. The van der Waals surface area contributed by atoms with Gasteiger partial charge in [-0.05, 0) is 43.5 Å². The number of carbonyl (C=O) groups is 1. The molecule has 0 spiro atoms. The molecule has 3 heterocycles. The maximum absolute atomic E-state index is 13.2. The van der Waals surface area contributed by atoms with Crippen molar-refractivity contribution < 1.29 is 18.3 Å². The molecule has 2 aromatic heterocycles. The van der Waals surface area contributed by atoms with Gasteiger partial charge in [0.1, 0.15) is 17.8 Å². The van der Waals surface area contributed by atoms with E-state index >= 15 is 0 Å². The molecule has 1 aromatic carbocycles. The highest BCUT2D eigenvalue weighted by Gasteiger charge is 2.31. The molecule has 0 aliphatic carbocycles. The molecule has 1 fully saturated rings. The van der Waals surface area contributed by atoms with Crippen LogP contribution in [0.5, 0.6) is 5.75 Å².